The third-order valence-electron chi connectivity index (χ3n) is 5.44. The van der Waals surface area contributed by atoms with Gasteiger partial charge < -0.3 is 14.5 Å². The summed E-state index contributed by atoms with van der Waals surface area (Å²) in [4.78, 5) is 23.1. The van der Waals surface area contributed by atoms with Crippen molar-refractivity contribution in [1.29, 1.82) is 0 Å². The van der Waals surface area contributed by atoms with Gasteiger partial charge in [0.1, 0.15) is 5.65 Å². The molecule has 1 amide bonds. The Balaban J connectivity index is 1.68. The molecular weight excluding hydrogens is 324 g/mol. The molecule has 0 atom stereocenters. The zero-order chi connectivity index (χ0) is 17.8. The minimum Gasteiger partial charge on any atom is -0.361 e. The van der Waals surface area contributed by atoms with Crippen molar-refractivity contribution in [3.63, 3.8) is 0 Å². The number of nitrogens with one attached hydrogen (secondary N) is 1. The van der Waals surface area contributed by atoms with Gasteiger partial charge >= 0.3 is 0 Å². The molecule has 0 saturated carbocycles. The number of aryl methyl sites for hydroxylation is 2. The molecule has 0 saturated heterocycles. The molecule has 1 aromatic carbocycles. The lowest BCUT2D eigenvalue weighted by Gasteiger charge is -2.19. The molecule has 1 aliphatic heterocycles. The highest BCUT2D eigenvalue weighted by Gasteiger charge is 2.30. The van der Waals surface area contributed by atoms with Gasteiger partial charge in [0.15, 0.2) is 0 Å². The lowest BCUT2D eigenvalue weighted by Crippen LogP contribution is -2.28. The fourth-order valence-electron chi connectivity index (χ4n) is 4.22. The van der Waals surface area contributed by atoms with Crippen LogP contribution in [0.3, 0.4) is 0 Å². The average Bonchev–Trinajstić information content (AvgIpc) is 3.37. The molecule has 5 heteroatoms. The molecule has 1 N–H and O–H groups in total. The lowest BCUT2D eigenvalue weighted by atomic mass is 10.0. The van der Waals surface area contributed by atoms with Crippen LogP contribution in [0.2, 0.25) is 0 Å². The fraction of sp³-hybridized carbons (Fsp3) is 0.238. The number of aromatic nitrogens is 3. The van der Waals surface area contributed by atoms with Crippen LogP contribution in [0.25, 0.3) is 21.9 Å². The predicted octanol–water partition coefficient (Wildman–Crippen LogP) is 3.82. The van der Waals surface area contributed by atoms with Gasteiger partial charge in [-0.2, -0.15) is 0 Å². The Hall–Kier alpha value is -3.08. The van der Waals surface area contributed by atoms with Crippen molar-refractivity contribution in [3.8, 4) is 0 Å². The number of aromatic amines is 1. The number of fused-ring (bicyclic) bond motifs is 4. The Morgan fingerprint density at radius 3 is 3.04 bits per heavy atom. The van der Waals surface area contributed by atoms with Crippen molar-refractivity contribution in [1.82, 2.24) is 14.5 Å². The van der Waals surface area contributed by atoms with Crippen molar-refractivity contribution >= 4 is 33.5 Å². The first kappa shape index (κ1) is 15.2. The largest absolute Gasteiger partial charge is 0.361 e. The monoisotopic (exact) mass is 344 g/mol. The van der Waals surface area contributed by atoms with E-state index < -0.39 is 0 Å². The molecular formula is C21H20N4O. The Morgan fingerprint density at radius 2 is 2.19 bits per heavy atom. The maximum Gasteiger partial charge on any atom is 0.260 e. The van der Waals surface area contributed by atoms with E-state index in [0.717, 1.165) is 47.0 Å². The maximum absolute atomic E-state index is 13.4. The van der Waals surface area contributed by atoms with Crippen LogP contribution in [-0.4, -0.2) is 27.0 Å². The van der Waals surface area contributed by atoms with E-state index in [9.17, 15) is 4.79 Å². The fourth-order valence-corrected chi connectivity index (χ4v) is 4.22. The van der Waals surface area contributed by atoms with Crippen molar-refractivity contribution in [3.05, 3.63) is 59.5 Å². The third-order valence-corrected chi connectivity index (χ3v) is 5.44. The number of carbonyl (C=O) groups is 1. The summed E-state index contributed by atoms with van der Waals surface area (Å²) in [5, 5.41) is 2.05. The first-order chi connectivity index (χ1) is 12.7. The molecule has 3 aromatic heterocycles. The summed E-state index contributed by atoms with van der Waals surface area (Å²) >= 11 is 0. The molecule has 0 aliphatic carbocycles. The molecule has 0 radical (unpaired) electrons. The van der Waals surface area contributed by atoms with Gasteiger partial charge in [-0.1, -0.05) is 13.0 Å². The summed E-state index contributed by atoms with van der Waals surface area (Å²) in [6, 6.07) is 8.20. The zero-order valence-corrected chi connectivity index (χ0v) is 14.9. The van der Waals surface area contributed by atoms with Crippen LogP contribution < -0.4 is 4.90 Å². The topological polar surface area (TPSA) is 53.9 Å². The number of pyridine rings is 1. The number of H-pyrrole nitrogens is 1. The molecule has 26 heavy (non-hydrogen) atoms. The minimum absolute atomic E-state index is 0.0501. The predicted molar refractivity (Wildman–Crippen MR) is 104 cm³/mol. The Morgan fingerprint density at radius 1 is 1.31 bits per heavy atom. The molecule has 4 aromatic rings. The average molecular weight is 344 g/mol. The number of hydrogen-bond donors (Lipinski definition) is 1. The smallest absolute Gasteiger partial charge is 0.260 e. The van der Waals surface area contributed by atoms with Crippen LogP contribution in [-0.2, 0) is 19.9 Å². The zero-order valence-electron chi connectivity index (χ0n) is 14.9. The van der Waals surface area contributed by atoms with Crippen LogP contribution in [0.15, 0.2) is 42.9 Å². The number of hydrogen-bond acceptors (Lipinski definition) is 2. The van der Waals surface area contributed by atoms with Gasteiger partial charge in [-0.15, -0.1) is 0 Å². The van der Waals surface area contributed by atoms with Crippen LogP contribution in [0.1, 0.15) is 28.4 Å². The summed E-state index contributed by atoms with van der Waals surface area (Å²) in [6.07, 6.45) is 7.50. The number of nitrogens with zero attached hydrogens (tertiary/aromatic N) is 3. The van der Waals surface area contributed by atoms with Crippen molar-refractivity contribution in [2.24, 2.45) is 7.05 Å². The lowest BCUT2D eigenvalue weighted by molar-refractivity contribution is 0.0991. The van der Waals surface area contributed by atoms with E-state index in [0.29, 0.717) is 5.56 Å². The quantitative estimate of drug-likeness (QED) is 0.601. The van der Waals surface area contributed by atoms with E-state index in [2.05, 4.69) is 29.0 Å². The first-order valence-electron chi connectivity index (χ1n) is 9.02. The van der Waals surface area contributed by atoms with E-state index in [1.807, 2.05) is 41.0 Å². The van der Waals surface area contributed by atoms with Crippen LogP contribution in [0, 0.1) is 0 Å². The van der Waals surface area contributed by atoms with Crippen LogP contribution in [0.4, 0.5) is 5.69 Å². The van der Waals surface area contributed by atoms with Gasteiger partial charge in [0, 0.05) is 43.0 Å². The molecule has 0 fully saturated rings. The second kappa shape index (κ2) is 5.46. The van der Waals surface area contributed by atoms with Crippen molar-refractivity contribution in [2.75, 3.05) is 11.4 Å². The number of amides is 1. The number of benzene rings is 1. The van der Waals surface area contributed by atoms with Gasteiger partial charge in [-0.3, -0.25) is 4.79 Å². The second-order valence-electron chi connectivity index (χ2n) is 6.90. The SMILES string of the molecule is CCc1cc2c(c3cc[nH]c13)N(C(=O)c1cn(C)c3ncccc13)CC2. The van der Waals surface area contributed by atoms with Crippen molar-refractivity contribution in [2.45, 2.75) is 19.8 Å². The van der Waals surface area contributed by atoms with Crippen molar-refractivity contribution < 1.29 is 4.79 Å². The Bertz CT molecular complexity index is 1170. The van der Waals surface area contributed by atoms with E-state index in [-0.39, 0.29) is 5.91 Å². The molecule has 0 unspecified atom stereocenters. The third kappa shape index (κ3) is 1.97. The van der Waals surface area contributed by atoms with Crippen LogP contribution >= 0.6 is 0 Å². The highest BCUT2D eigenvalue weighted by Crippen LogP contribution is 2.39. The summed E-state index contributed by atoms with van der Waals surface area (Å²) < 4.78 is 1.92. The van der Waals surface area contributed by atoms with Gasteiger partial charge in [-0.05, 0) is 42.2 Å². The highest BCUT2D eigenvalue weighted by molar-refractivity contribution is 6.17. The molecule has 0 bridgehead atoms. The summed E-state index contributed by atoms with van der Waals surface area (Å²) in [6.45, 7) is 2.89. The number of carbonyl (C=O) groups excluding carboxylic acids is 1. The van der Waals surface area contributed by atoms with Gasteiger partial charge in [0.25, 0.3) is 5.91 Å². The molecule has 5 nitrogen and oxygen atoms in total. The number of anilines is 1. The molecule has 0 spiro atoms. The van der Waals surface area contributed by atoms with E-state index >= 15 is 0 Å². The summed E-state index contributed by atoms with van der Waals surface area (Å²) in [7, 11) is 1.93. The normalized spacial score (nSPS) is 13.7. The first-order valence-corrected chi connectivity index (χ1v) is 9.02. The van der Waals surface area contributed by atoms with Gasteiger partial charge in [0.2, 0.25) is 0 Å². The molecule has 130 valence electrons. The van der Waals surface area contributed by atoms with E-state index in [1.54, 1.807) is 6.20 Å². The van der Waals surface area contributed by atoms with Gasteiger partial charge in [0.05, 0.1) is 16.8 Å². The maximum atomic E-state index is 13.4. The second-order valence-corrected chi connectivity index (χ2v) is 6.90. The summed E-state index contributed by atoms with van der Waals surface area (Å²) in [5.41, 5.74) is 6.33. The molecule has 1 aliphatic rings. The van der Waals surface area contributed by atoms with Crippen LogP contribution in [0.5, 0.6) is 0 Å². The Labute approximate surface area is 151 Å². The number of rotatable bonds is 2. The van der Waals surface area contributed by atoms with E-state index in [4.69, 9.17) is 0 Å². The summed E-state index contributed by atoms with van der Waals surface area (Å²) in [5.74, 6) is 0.0501. The Kier molecular flexibility index (Phi) is 3.19. The molecule has 4 heterocycles. The standard InChI is InChI=1S/C21H20N4O/c1-3-13-11-14-7-10-25(19(14)16-6-9-22-18(13)16)21(26)17-12-24(2)20-15(17)5-4-8-23-20/h4-6,8-9,11-12,22H,3,7,10H2,1-2H3. The molecule has 5 rings (SSSR count). The highest BCUT2D eigenvalue weighted by atomic mass is 16.2. The van der Waals surface area contributed by atoms with E-state index in [1.165, 1.54) is 11.1 Å². The van der Waals surface area contributed by atoms with Gasteiger partial charge in [-0.25, -0.2) is 4.98 Å². The minimum atomic E-state index is 0.0501.